The van der Waals surface area contributed by atoms with E-state index in [-0.39, 0.29) is 15.8 Å². The van der Waals surface area contributed by atoms with Crippen molar-refractivity contribution in [1.82, 2.24) is 4.57 Å². The van der Waals surface area contributed by atoms with Crippen LogP contribution in [0.25, 0.3) is 17.3 Å². The van der Waals surface area contributed by atoms with Crippen LogP contribution >= 0.6 is 34.5 Å². The number of nitriles is 2. The quantitative estimate of drug-likeness (QED) is 0.647. The Bertz CT molecular complexity index is 1290. The van der Waals surface area contributed by atoms with Gasteiger partial charge in [0.05, 0.1) is 20.3 Å². The van der Waals surface area contributed by atoms with E-state index in [1.165, 1.54) is 4.57 Å². The molecular weight excluding hydrogens is 401 g/mol. The summed E-state index contributed by atoms with van der Waals surface area (Å²) in [5.41, 5.74) is 1.59. The minimum atomic E-state index is -0.330. The summed E-state index contributed by atoms with van der Waals surface area (Å²) in [6, 6.07) is 16.2. The summed E-state index contributed by atoms with van der Waals surface area (Å²) in [5.74, 6) is 0. The Balaban J connectivity index is 2.46. The fourth-order valence-electron chi connectivity index (χ4n) is 2.58. The first-order valence-electron chi connectivity index (χ1n) is 7.76. The van der Waals surface area contributed by atoms with Crippen molar-refractivity contribution < 1.29 is 0 Å². The molecule has 0 saturated heterocycles. The molecule has 7 heteroatoms. The SMILES string of the molecule is Cc1ccccc1-n1c(=C(C#N)C#N)sc(=Cc2cccc(Cl)c2Cl)c1=O. The van der Waals surface area contributed by atoms with E-state index in [2.05, 4.69) is 0 Å². The highest BCUT2D eigenvalue weighted by atomic mass is 35.5. The maximum Gasteiger partial charge on any atom is 0.273 e. The molecule has 2 aromatic carbocycles. The first kappa shape index (κ1) is 18.9. The number of halogens is 2. The molecular formula is C20H11Cl2N3OS. The second kappa shape index (κ2) is 7.82. The van der Waals surface area contributed by atoms with Gasteiger partial charge in [0.25, 0.3) is 5.56 Å². The van der Waals surface area contributed by atoms with Crippen molar-refractivity contribution in [2.45, 2.75) is 6.92 Å². The lowest BCUT2D eigenvalue weighted by atomic mass is 10.2. The highest BCUT2D eigenvalue weighted by Crippen LogP contribution is 2.25. The van der Waals surface area contributed by atoms with E-state index in [0.717, 1.165) is 16.9 Å². The zero-order valence-corrected chi connectivity index (χ0v) is 16.4. The van der Waals surface area contributed by atoms with Gasteiger partial charge in [-0.05, 0) is 36.3 Å². The zero-order chi connectivity index (χ0) is 19.6. The third-order valence-electron chi connectivity index (χ3n) is 3.89. The Morgan fingerprint density at radius 2 is 1.81 bits per heavy atom. The molecule has 132 valence electrons. The van der Waals surface area contributed by atoms with E-state index in [1.54, 1.807) is 36.4 Å². The molecule has 0 spiro atoms. The lowest BCUT2D eigenvalue weighted by Gasteiger charge is -2.05. The maximum atomic E-state index is 13.1. The van der Waals surface area contributed by atoms with Crippen molar-refractivity contribution in [2.24, 2.45) is 0 Å². The first-order chi connectivity index (χ1) is 13.0. The van der Waals surface area contributed by atoms with Crippen molar-refractivity contribution >= 4 is 46.2 Å². The van der Waals surface area contributed by atoms with Crippen LogP contribution in [0.4, 0.5) is 0 Å². The smallest absolute Gasteiger partial charge is 0.267 e. The van der Waals surface area contributed by atoms with E-state index >= 15 is 0 Å². The summed E-state index contributed by atoms with van der Waals surface area (Å²) in [6.07, 6.45) is 1.62. The van der Waals surface area contributed by atoms with Gasteiger partial charge in [0, 0.05) is 0 Å². The van der Waals surface area contributed by atoms with E-state index < -0.39 is 0 Å². The van der Waals surface area contributed by atoms with E-state index in [0.29, 0.717) is 25.8 Å². The zero-order valence-electron chi connectivity index (χ0n) is 14.0. The van der Waals surface area contributed by atoms with E-state index in [4.69, 9.17) is 23.2 Å². The van der Waals surface area contributed by atoms with Gasteiger partial charge in [-0.3, -0.25) is 9.36 Å². The minimum absolute atomic E-state index is 0.128. The number of aryl methyl sites for hydroxylation is 1. The Morgan fingerprint density at radius 3 is 2.48 bits per heavy atom. The van der Waals surface area contributed by atoms with Crippen LogP contribution in [0.3, 0.4) is 0 Å². The summed E-state index contributed by atoms with van der Waals surface area (Å²) < 4.78 is 2.02. The van der Waals surface area contributed by atoms with Crippen molar-refractivity contribution in [3.05, 3.63) is 83.2 Å². The second-order valence-electron chi connectivity index (χ2n) is 5.58. The van der Waals surface area contributed by atoms with E-state index in [1.807, 2.05) is 31.2 Å². The fraction of sp³-hybridized carbons (Fsp3) is 0.0500. The van der Waals surface area contributed by atoms with Gasteiger partial charge < -0.3 is 0 Å². The minimum Gasteiger partial charge on any atom is -0.267 e. The number of thiazole rings is 1. The van der Waals surface area contributed by atoms with Crippen LogP contribution < -0.4 is 14.8 Å². The summed E-state index contributed by atoms with van der Waals surface area (Å²) >= 11 is 13.3. The fourth-order valence-corrected chi connectivity index (χ4v) is 3.98. The molecule has 27 heavy (non-hydrogen) atoms. The molecule has 0 unspecified atom stereocenters. The molecule has 0 aliphatic heterocycles. The number of hydrogen-bond acceptors (Lipinski definition) is 4. The number of nitrogens with zero attached hydrogens (tertiary/aromatic N) is 3. The Labute approximate surface area is 169 Å². The second-order valence-corrected chi connectivity index (χ2v) is 7.40. The maximum absolute atomic E-state index is 13.1. The molecule has 0 radical (unpaired) electrons. The summed E-state index contributed by atoms with van der Waals surface area (Å²) in [4.78, 5) is 13.1. The molecule has 0 atom stereocenters. The van der Waals surface area contributed by atoms with Crippen LogP contribution in [0.5, 0.6) is 0 Å². The normalized spacial score (nSPS) is 11.1. The van der Waals surface area contributed by atoms with Gasteiger partial charge in [-0.15, -0.1) is 11.3 Å². The van der Waals surface area contributed by atoms with Gasteiger partial charge in [-0.1, -0.05) is 53.5 Å². The van der Waals surface area contributed by atoms with Crippen molar-refractivity contribution in [3.8, 4) is 17.8 Å². The number of benzene rings is 2. The summed E-state index contributed by atoms with van der Waals surface area (Å²) in [5, 5.41) is 19.4. The van der Waals surface area contributed by atoms with Crippen LogP contribution in [0.1, 0.15) is 11.1 Å². The van der Waals surface area contributed by atoms with Gasteiger partial charge in [-0.25, -0.2) is 0 Å². The largest absolute Gasteiger partial charge is 0.273 e. The Kier molecular flexibility index (Phi) is 5.48. The first-order valence-corrected chi connectivity index (χ1v) is 9.33. The number of rotatable bonds is 2. The van der Waals surface area contributed by atoms with Crippen molar-refractivity contribution in [1.29, 1.82) is 10.5 Å². The molecule has 0 saturated carbocycles. The topological polar surface area (TPSA) is 69.6 Å². The lowest BCUT2D eigenvalue weighted by Crippen LogP contribution is -2.31. The van der Waals surface area contributed by atoms with Gasteiger partial charge in [0.2, 0.25) is 0 Å². The van der Waals surface area contributed by atoms with Gasteiger partial charge in [0.1, 0.15) is 16.8 Å². The molecule has 3 rings (SSSR count). The predicted octanol–water partition coefficient (Wildman–Crippen LogP) is 3.54. The Hall–Kier alpha value is -2.83. The predicted molar refractivity (Wildman–Crippen MR) is 109 cm³/mol. The van der Waals surface area contributed by atoms with Gasteiger partial charge in [0.15, 0.2) is 5.57 Å². The van der Waals surface area contributed by atoms with Crippen LogP contribution in [0, 0.1) is 29.6 Å². The van der Waals surface area contributed by atoms with Crippen molar-refractivity contribution in [3.63, 3.8) is 0 Å². The van der Waals surface area contributed by atoms with Crippen LogP contribution in [-0.2, 0) is 0 Å². The monoisotopic (exact) mass is 411 g/mol. The molecule has 0 N–H and O–H groups in total. The number of aromatic nitrogens is 1. The third kappa shape index (κ3) is 3.54. The number of para-hydroxylation sites is 1. The molecule has 0 bridgehead atoms. The van der Waals surface area contributed by atoms with Gasteiger partial charge >= 0.3 is 0 Å². The van der Waals surface area contributed by atoms with Crippen LogP contribution in [-0.4, -0.2) is 4.57 Å². The average molecular weight is 412 g/mol. The lowest BCUT2D eigenvalue weighted by molar-refractivity contribution is 0.975. The molecule has 1 aromatic heterocycles. The molecule has 0 aliphatic rings. The average Bonchev–Trinajstić information content (AvgIpc) is 2.97. The standard InChI is InChI=1S/C20H11Cl2N3OS/c1-12-5-2-3-8-16(12)25-19(26)17(27-20(25)14(10-23)11-24)9-13-6-4-7-15(21)18(13)22/h2-9H,1H3. The summed E-state index contributed by atoms with van der Waals surface area (Å²) in [7, 11) is 0. The van der Waals surface area contributed by atoms with Crippen LogP contribution in [0.15, 0.2) is 47.3 Å². The molecule has 0 amide bonds. The third-order valence-corrected chi connectivity index (χ3v) is 5.81. The Morgan fingerprint density at radius 1 is 1.11 bits per heavy atom. The molecule has 0 aliphatic carbocycles. The van der Waals surface area contributed by atoms with Gasteiger partial charge in [-0.2, -0.15) is 10.5 Å². The molecule has 3 aromatic rings. The molecule has 0 fully saturated rings. The van der Waals surface area contributed by atoms with Crippen molar-refractivity contribution in [2.75, 3.05) is 0 Å². The van der Waals surface area contributed by atoms with Crippen LogP contribution in [0.2, 0.25) is 10.0 Å². The highest BCUT2D eigenvalue weighted by molar-refractivity contribution is 7.07. The highest BCUT2D eigenvalue weighted by Gasteiger charge is 2.13. The van der Waals surface area contributed by atoms with E-state index in [9.17, 15) is 15.3 Å². The molecule has 1 heterocycles. The summed E-state index contributed by atoms with van der Waals surface area (Å²) in [6.45, 7) is 1.86. The number of hydrogen-bond donors (Lipinski definition) is 0. The molecule has 4 nitrogen and oxygen atoms in total.